The highest BCUT2D eigenvalue weighted by Gasteiger charge is 2.64. The summed E-state index contributed by atoms with van der Waals surface area (Å²) in [7, 11) is 0. The van der Waals surface area contributed by atoms with E-state index in [1.54, 1.807) is 29.2 Å². The van der Waals surface area contributed by atoms with E-state index in [0.717, 1.165) is 19.3 Å². The van der Waals surface area contributed by atoms with Crippen molar-refractivity contribution in [3.05, 3.63) is 41.5 Å². The van der Waals surface area contributed by atoms with Gasteiger partial charge in [0.25, 0.3) is 11.8 Å². The van der Waals surface area contributed by atoms with E-state index in [1.807, 2.05) is 6.92 Å². The predicted octanol–water partition coefficient (Wildman–Crippen LogP) is 2.21. The van der Waals surface area contributed by atoms with Crippen molar-refractivity contribution >= 4 is 23.5 Å². The molecule has 1 unspecified atom stereocenters. The van der Waals surface area contributed by atoms with Crippen LogP contribution in [0.4, 0.5) is 5.69 Å². The molecule has 0 bridgehead atoms. The number of amides is 2. The van der Waals surface area contributed by atoms with Crippen LogP contribution in [0.1, 0.15) is 61.1 Å². The van der Waals surface area contributed by atoms with E-state index in [-0.39, 0.29) is 43.2 Å². The highest BCUT2D eigenvalue weighted by molar-refractivity contribution is 6.15. The summed E-state index contributed by atoms with van der Waals surface area (Å²) in [6.45, 7) is 1.80. The van der Waals surface area contributed by atoms with Gasteiger partial charge in [0.1, 0.15) is 0 Å². The average Bonchev–Trinajstić information content (AvgIpc) is 3.37. The van der Waals surface area contributed by atoms with Gasteiger partial charge in [-0.05, 0) is 31.4 Å². The summed E-state index contributed by atoms with van der Waals surface area (Å²) in [6, 6.07) is 6.84. The van der Waals surface area contributed by atoms with E-state index in [2.05, 4.69) is 10.1 Å². The smallest absolute Gasteiger partial charge is 0.354 e. The molecular formula is C21H22N4O5. The maximum atomic E-state index is 13.5. The Morgan fingerprint density at radius 3 is 2.87 bits per heavy atom. The lowest BCUT2D eigenvalue weighted by Crippen LogP contribution is -2.69. The fourth-order valence-corrected chi connectivity index (χ4v) is 4.43. The van der Waals surface area contributed by atoms with Crippen LogP contribution >= 0.6 is 0 Å². The van der Waals surface area contributed by atoms with E-state index in [1.165, 1.54) is 4.90 Å². The van der Waals surface area contributed by atoms with Crippen molar-refractivity contribution in [2.24, 2.45) is 0 Å². The van der Waals surface area contributed by atoms with Crippen LogP contribution in [0.3, 0.4) is 0 Å². The minimum absolute atomic E-state index is 0.0774. The first-order chi connectivity index (χ1) is 14.6. The second kappa shape index (κ2) is 6.93. The van der Waals surface area contributed by atoms with E-state index < -0.39 is 11.6 Å². The molecule has 2 fully saturated rings. The molecule has 5 rings (SSSR count). The van der Waals surface area contributed by atoms with Crippen molar-refractivity contribution < 1.29 is 23.6 Å². The molecule has 1 aliphatic carbocycles. The molecular weight excluding hydrogens is 388 g/mol. The maximum absolute atomic E-state index is 13.5. The first kappa shape index (κ1) is 18.8. The van der Waals surface area contributed by atoms with Crippen LogP contribution in [0.2, 0.25) is 0 Å². The number of carbonyl (C=O) groups is 3. The van der Waals surface area contributed by atoms with Gasteiger partial charge in [-0.1, -0.05) is 24.2 Å². The normalized spacial score (nSPS) is 22.8. The van der Waals surface area contributed by atoms with Crippen molar-refractivity contribution in [1.82, 2.24) is 15.0 Å². The molecule has 3 aliphatic rings. The lowest BCUT2D eigenvalue weighted by molar-refractivity contribution is -0.159. The average molecular weight is 410 g/mol. The zero-order valence-corrected chi connectivity index (χ0v) is 16.7. The number of para-hydroxylation sites is 1. The number of rotatable bonds is 6. The minimum atomic E-state index is -1.46. The van der Waals surface area contributed by atoms with Gasteiger partial charge in [0.15, 0.2) is 12.4 Å². The van der Waals surface area contributed by atoms with Crippen LogP contribution in [0, 0.1) is 0 Å². The van der Waals surface area contributed by atoms with Gasteiger partial charge in [-0.15, -0.1) is 0 Å². The molecule has 1 atom stereocenters. The highest BCUT2D eigenvalue weighted by atomic mass is 16.6. The van der Waals surface area contributed by atoms with E-state index >= 15 is 0 Å². The van der Waals surface area contributed by atoms with Crippen molar-refractivity contribution in [3.63, 3.8) is 0 Å². The zero-order valence-electron chi connectivity index (χ0n) is 16.7. The third-order valence-corrected chi connectivity index (χ3v) is 5.85. The van der Waals surface area contributed by atoms with E-state index in [4.69, 9.17) is 9.26 Å². The van der Waals surface area contributed by atoms with Crippen molar-refractivity contribution in [3.8, 4) is 0 Å². The number of carbonyl (C=O) groups excluding carboxylic acids is 3. The number of nitrogens with zero attached hydrogens (tertiary/aromatic N) is 4. The molecule has 2 aromatic rings. The predicted molar refractivity (Wildman–Crippen MR) is 103 cm³/mol. The molecule has 1 aromatic heterocycles. The standard InChI is InChI=1S/C21H22N4O5/c1-2-5-16-22-17(30-23-16)12-29-20(28)21-11-10-18(26)25(21)15-7-4-3-6-14(15)19(27)24(21)13-8-9-13/h3-4,6-7,13H,2,5,8-12H2,1H3. The molecule has 1 saturated heterocycles. The molecule has 156 valence electrons. The summed E-state index contributed by atoms with van der Waals surface area (Å²) in [5.41, 5.74) is -0.568. The number of fused-ring (bicyclic) bond motifs is 3. The van der Waals surface area contributed by atoms with Crippen LogP contribution in [-0.2, 0) is 27.4 Å². The fourth-order valence-electron chi connectivity index (χ4n) is 4.43. The van der Waals surface area contributed by atoms with Gasteiger partial charge in [0.05, 0.1) is 11.3 Å². The monoisotopic (exact) mass is 410 g/mol. The Hall–Kier alpha value is -3.23. The van der Waals surface area contributed by atoms with Crippen molar-refractivity contribution in [2.45, 2.75) is 63.8 Å². The maximum Gasteiger partial charge on any atom is 0.354 e. The number of benzene rings is 1. The fraction of sp³-hybridized carbons (Fsp3) is 0.476. The molecule has 2 aliphatic heterocycles. The summed E-state index contributed by atoms with van der Waals surface area (Å²) < 4.78 is 10.7. The number of esters is 1. The van der Waals surface area contributed by atoms with Crippen LogP contribution in [-0.4, -0.2) is 44.5 Å². The van der Waals surface area contributed by atoms with Crippen molar-refractivity contribution in [2.75, 3.05) is 4.90 Å². The summed E-state index contributed by atoms with van der Waals surface area (Å²) in [6.07, 6.45) is 3.51. The Labute approximate surface area is 173 Å². The summed E-state index contributed by atoms with van der Waals surface area (Å²) in [4.78, 5) is 46.9. The third-order valence-electron chi connectivity index (χ3n) is 5.85. The largest absolute Gasteiger partial charge is 0.452 e. The van der Waals surface area contributed by atoms with Crippen LogP contribution in [0.25, 0.3) is 0 Å². The Morgan fingerprint density at radius 1 is 1.30 bits per heavy atom. The number of hydrogen-bond donors (Lipinski definition) is 0. The Bertz CT molecular complexity index is 1030. The molecule has 3 heterocycles. The summed E-state index contributed by atoms with van der Waals surface area (Å²) in [5.74, 6) is -0.321. The molecule has 0 spiro atoms. The van der Waals surface area contributed by atoms with Gasteiger partial charge in [-0.3, -0.25) is 14.5 Å². The Morgan fingerprint density at radius 2 is 2.10 bits per heavy atom. The molecule has 9 heteroatoms. The van der Waals surface area contributed by atoms with Crippen LogP contribution in [0.5, 0.6) is 0 Å². The number of anilines is 1. The highest BCUT2D eigenvalue weighted by Crippen LogP contribution is 2.49. The second-order valence-electron chi connectivity index (χ2n) is 7.90. The molecule has 1 aromatic carbocycles. The van der Waals surface area contributed by atoms with Gasteiger partial charge in [0.2, 0.25) is 11.6 Å². The topological polar surface area (TPSA) is 106 Å². The lowest BCUT2D eigenvalue weighted by atomic mass is 9.96. The second-order valence-corrected chi connectivity index (χ2v) is 7.90. The Balaban J connectivity index is 1.49. The number of ether oxygens (including phenoxy) is 1. The number of aryl methyl sites for hydroxylation is 1. The number of aromatic nitrogens is 2. The number of hydrogen-bond acceptors (Lipinski definition) is 7. The summed E-state index contributed by atoms with van der Waals surface area (Å²) >= 11 is 0. The molecule has 2 amide bonds. The van der Waals surface area contributed by atoms with Gasteiger partial charge in [0, 0.05) is 25.3 Å². The Kier molecular flexibility index (Phi) is 4.34. The van der Waals surface area contributed by atoms with Crippen LogP contribution in [0.15, 0.2) is 28.8 Å². The molecule has 1 saturated carbocycles. The minimum Gasteiger partial charge on any atom is -0.452 e. The summed E-state index contributed by atoms with van der Waals surface area (Å²) in [5, 5.41) is 3.86. The van der Waals surface area contributed by atoms with E-state index in [0.29, 0.717) is 23.5 Å². The van der Waals surface area contributed by atoms with E-state index in [9.17, 15) is 14.4 Å². The first-order valence-electron chi connectivity index (χ1n) is 10.3. The van der Waals surface area contributed by atoms with Gasteiger partial charge in [-0.25, -0.2) is 4.79 Å². The van der Waals surface area contributed by atoms with Gasteiger partial charge < -0.3 is 14.2 Å². The molecule has 30 heavy (non-hydrogen) atoms. The van der Waals surface area contributed by atoms with Gasteiger partial charge >= 0.3 is 5.97 Å². The molecule has 0 N–H and O–H groups in total. The van der Waals surface area contributed by atoms with Gasteiger partial charge in [-0.2, -0.15) is 4.98 Å². The first-order valence-corrected chi connectivity index (χ1v) is 10.3. The zero-order chi connectivity index (χ0) is 20.9. The lowest BCUT2D eigenvalue weighted by Gasteiger charge is -2.48. The van der Waals surface area contributed by atoms with Crippen molar-refractivity contribution in [1.29, 1.82) is 0 Å². The SMILES string of the molecule is CCCc1noc(COC(=O)C23CCC(=O)N2c2ccccc2C(=O)N3C2CC2)n1. The molecule has 0 radical (unpaired) electrons. The van der Waals surface area contributed by atoms with Crippen LogP contribution < -0.4 is 4.90 Å². The molecule has 9 nitrogen and oxygen atoms in total. The third kappa shape index (κ3) is 2.72. The quantitative estimate of drug-likeness (QED) is 0.672.